The summed E-state index contributed by atoms with van der Waals surface area (Å²) in [5, 5.41) is 8.02. The van der Waals surface area contributed by atoms with Gasteiger partial charge in [0, 0.05) is 30.5 Å². The van der Waals surface area contributed by atoms with Crippen LogP contribution in [0.1, 0.15) is 13.8 Å². The molecule has 0 atom stereocenters. The van der Waals surface area contributed by atoms with Crippen molar-refractivity contribution in [1.29, 1.82) is 0 Å². The SMILES string of the molecule is CC1(C)OC=C(COc2nc(Oc3ccc(F)cc3F)nc3n[nH]c(-c4ccccc4Cl)c23)O1. The van der Waals surface area contributed by atoms with E-state index in [1.807, 2.05) is 6.07 Å². The predicted octanol–water partition coefficient (Wildman–Crippen LogP) is 5.75. The Morgan fingerprint density at radius 3 is 2.68 bits per heavy atom. The van der Waals surface area contributed by atoms with Crippen LogP contribution in [0.4, 0.5) is 8.78 Å². The number of halogens is 3. The standard InChI is InChI=1S/C23H17ClF2N4O4/c1-23(2)32-11-13(34-23)10-31-21-18-19(14-5-3-4-6-15(14)24)29-30-20(18)27-22(28-21)33-17-8-7-12(25)9-16(17)26/h3-9,11H,10H2,1-2H3,(H,27,28,29,30). The number of ether oxygens (including phenoxy) is 4. The third-order valence-corrected chi connectivity index (χ3v) is 5.13. The van der Waals surface area contributed by atoms with E-state index in [-0.39, 0.29) is 29.9 Å². The molecule has 0 saturated heterocycles. The number of nitrogens with zero attached hydrogens (tertiary/aromatic N) is 3. The first-order valence-corrected chi connectivity index (χ1v) is 10.5. The summed E-state index contributed by atoms with van der Waals surface area (Å²) in [6, 6.07) is 9.80. The molecule has 0 bridgehead atoms. The second-order valence-corrected chi connectivity index (χ2v) is 8.16. The summed E-state index contributed by atoms with van der Waals surface area (Å²) in [6.07, 6.45) is 1.45. The lowest BCUT2D eigenvalue weighted by atomic mass is 10.1. The minimum atomic E-state index is -0.908. The molecule has 2 aromatic carbocycles. The quantitative estimate of drug-likeness (QED) is 0.371. The zero-order valence-electron chi connectivity index (χ0n) is 17.9. The summed E-state index contributed by atoms with van der Waals surface area (Å²) < 4.78 is 49.8. The minimum absolute atomic E-state index is 0.0208. The Hall–Kier alpha value is -3.92. The molecular formula is C23H17ClF2N4O4. The number of hydrogen-bond donors (Lipinski definition) is 1. The van der Waals surface area contributed by atoms with E-state index in [1.165, 1.54) is 6.26 Å². The molecule has 34 heavy (non-hydrogen) atoms. The molecule has 3 heterocycles. The van der Waals surface area contributed by atoms with Crippen molar-refractivity contribution < 1.29 is 27.7 Å². The van der Waals surface area contributed by atoms with E-state index in [9.17, 15) is 8.78 Å². The van der Waals surface area contributed by atoms with Crippen LogP contribution in [0.5, 0.6) is 17.6 Å². The molecule has 1 N–H and O–H groups in total. The van der Waals surface area contributed by atoms with E-state index in [0.29, 0.717) is 33.5 Å². The summed E-state index contributed by atoms with van der Waals surface area (Å²) >= 11 is 6.38. The Labute approximate surface area is 197 Å². The maximum absolute atomic E-state index is 14.1. The van der Waals surface area contributed by atoms with Gasteiger partial charge < -0.3 is 18.9 Å². The number of rotatable bonds is 6. The molecule has 8 nitrogen and oxygen atoms in total. The van der Waals surface area contributed by atoms with Gasteiger partial charge >= 0.3 is 6.01 Å². The molecule has 0 spiro atoms. The van der Waals surface area contributed by atoms with E-state index in [2.05, 4.69) is 20.2 Å². The number of aromatic nitrogens is 4. The van der Waals surface area contributed by atoms with Crippen molar-refractivity contribution >= 4 is 22.6 Å². The Morgan fingerprint density at radius 2 is 1.94 bits per heavy atom. The highest BCUT2D eigenvalue weighted by atomic mass is 35.5. The molecule has 4 aromatic rings. The van der Waals surface area contributed by atoms with Crippen LogP contribution in [0.2, 0.25) is 5.02 Å². The van der Waals surface area contributed by atoms with Crippen molar-refractivity contribution in [2.75, 3.05) is 6.61 Å². The molecule has 0 saturated carbocycles. The topological polar surface area (TPSA) is 91.4 Å². The summed E-state index contributed by atoms with van der Waals surface area (Å²) in [6.45, 7) is 3.50. The van der Waals surface area contributed by atoms with Crippen LogP contribution in [0, 0.1) is 11.6 Å². The monoisotopic (exact) mass is 486 g/mol. The van der Waals surface area contributed by atoms with Crippen molar-refractivity contribution in [1.82, 2.24) is 20.2 Å². The Balaban J connectivity index is 1.56. The van der Waals surface area contributed by atoms with E-state index in [1.54, 1.807) is 32.0 Å². The van der Waals surface area contributed by atoms with Gasteiger partial charge in [0.25, 0.3) is 0 Å². The molecule has 0 fully saturated rings. The number of nitrogens with one attached hydrogen (secondary N) is 1. The molecule has 11 heteroatoms. The first kappa shape index (κ1) is 21.9. The van der Waals surface area contributed by atoms with Crippen LogP contribution in [-0.4, -0.2) is 32.6 Å². The smallest absolute Gasteiger partial charge is 0.327 e. The van der Waals surface area contributed by atoms with Gasteiger partial charge in [-0.1, -0.05) is 29.8 Å². The zero-order chi connectivity index (χ0) is 23.9. The highest BCUT2D eigenvalue weighted by Crippen LogP contribution is 2.37. The van der Waals surface area contributed by atoms with Crippen LogP contribution < -0.4 is 9.47 Å². The highest BCUT2D eigenvalue weighted by Gasteiger charge is 2.28. The second kappa shape index (κ2) is 8.45. The highest BCUT2D eigenvalue weighted by molar-refractivity contribution is 6.33. The zero-order valence-corrected chi connectivity index (χ0v) is 18.7. The number of fused-ring (bicyclic) bond motifs is 1. The molecule has 174 valence electrons. The van der Waals surface area contributed by atoms with Crippen LogP contribution in [-0.2, 0) is 9.47 Å². The van der Waals surface area contributed by atoms with Crippen molar-refractivity contribution in [3.05, 3.63) is 71.1 Å². The Kier molecular flexibility index (Phi) is 5.45. The van der Waals surface area contributed by atoms with Gasteiger partial charge in [0.2, 0.25) is 11.7 Å². The van der Waals surface area contributed by atoms with Crippen LogP contribution in [0.3, 0.4) is 0 Å². The maximum atomic E-state index is 14.1. The Morgan fingerprint density at radius 1 is 1.12 bits per heavy atom. The van der Waals surface area contributed by atoms with Crippen LogP contribution in [0.15, 0.2) is 54.5 Å². The van der Waals surface area contributed by atoms with E-state index in [4.69, 9.17) is 30.5 Å². The molecule has 5 rings (SSSR count). The molecule has 0 radical (unpaired) electrons. The van der Waals surface area contributed by atoms with Gasteiger partial charge in [-0.2, -0.15) is 15.1 Å². The van der Waals surface area contributed by atoms with Gasteiger partial charge in [0.1, 0.15) is 17.5 Å². The molecular weight excluding hydrogens is 470 g/mol. The lowest BCUT2D eigenvalue weighted by Gasteiger charge is -2.18. The third-order valence-electron chi connectivity index (χ3n) is 4.80. The van der Waals surface area contributed by atoms with Gasteiger partial charge in [-0.25, -0.2) is 8.78 Å². The second-order valence-electron chi connectivity index (χ2n) is 7.76. The van der Waals surface area contributed by atoms with Gasteiger partial charge in [-0.3, -0.25) is 5.10 Å². The lowest BCUT2D eigenvalue weighted by molar-refractivity contribution is -0.119. The fraction of sp³-hybridized carbons (Fsp3) is 0.174. The summed E-state index contributed by atoms with van der Waals surface area (Å²) in [4.78, 5) is 8.55. The fourth-order valence-corrected chi connectivity index (χ4v) is 3.54. The van der Waals surface area contributed by atoms with Crippen molar-refractivity contribution in [3.8, 4) is 28.9 Å². The number of benzene rings is 2. The average molecular weight is 487 g/mol. The number of hydrogen-bond acceptors (Lipinski definition) is 7. The minimum Gasteiger partial charge on any atom is -0.469 e. The summed E-state index contributed by atoms with van der Waals surface area (Å²) in [5.74, 6) is -2.20. The predicted molar refractivity (Wildman–Crippen MR) is 118 cm³/mol. The van der Waals surface area contributed by atoms with Crippen LogP contribution in [0.25, 0.3) is 22.3 Å². The first-order valence-electron chi connectivity index (χ1n) is 10.1. The molecule has 0 unspecified atom stereocenters. The van der Waals surface area contributed by atoms with Crippen LogP contribution >= 0.6 is 11.6 Å². The summed E-state index contributed by atoms with van der Waals surface area (Å²) in [5.41, 5.74) is 1.36. The van der Waals surface area contributed by atoms with E-state index in [0.717, 1.165) is 12.1 Å². The van der Waals surface area contributed by atoms with Crippen molar-refractivity contribution in [3.63, 3.8) is 0 Å². The summed E-state index contributed by atoms with van der Waals surface area (Å²) in [7, 11) is 0. The fourth-order valence-electron chi connectivity index (χ4n) is 3.31. The van der Waals surface area contributed by atoms with E-state index < -0.39 is 17.4 Å². The van der Waals surface area contributed by atoms with Gasteiger partial charge in [-0.15, -0.1) is 0 Å². The van der Waals surface area contributed by atoms with Gasteiger partial charge in [-0.05, 0) is 18.2 Å². The largest absolute Gasteiger partial charge is 0.469 e. The molecule has 1 aliphatic rings. The first-order chi connectivity index (χ1) is 16.3. The van der Waals surface area contributed by atoms with E-state index >= 15 is 0 Å². The van der Waals surface area contributed by atoms with Gasteiger partial charge in [0.15, 0.2) is 29.6 Å². The molecule has 1 aliphatic heterocycles. The third kappa shape index (κ3) is 4.32. The van der Waals surface area contributed by atoms with Gasteiger partial charge in [0.05, 0.1) is 5.69 Å². The normalized spacial score (nSPS) is 14.4. The average Bonchev–Trinajstić information content (AvgIpc) is 3.37. The van der Waals surface area contributed by atoms with Crippen molar-refractivity contribution in [2.24, 2.45) is 0 Å². The number of H-pyrrole nitrogens is 1. The lowest BCUT2D eigenvalue weighted by Crippen LogP contribution is -2.21. The molecule has 0 amide bonds. The Bertz CT molecular complexity index is 1420. The molecule has 2 aromatic heterocycles. The number of aromatic amines is 1. The maximum Gasteiger partial charge on any atom is 0.327 e. The molecule has 0 aliphatic carbocycles. The van der Waals surface area contributed by atoms with Crippen molar-refractivity contribution in [2.45, 2.75) is 19.6 Å².